The van der Waals surface area contributed by atoms with Crippen molar-refractivity contribution in [2.45, 2.75) is 6.42 Å². The number of rotatable bonds is 2. The largest absolute Gasteiger partial charge is 0.325 e. The van der Waals surface area contributed by atoms with Gasteiger partial charge in [-0.1, -0.05) is 34.1 Å². The highest BCUT2D eigenvalue weighted by Gasteiger charge is 2.23. The van der Waals surface area contributed by atoms with Gasteiger partial charge in [-0.3, -0.25) is 4.98 Å². The third-order valence-corrected chi connectivity index (χ3v) is 5.19. The van der Waals surface area contributed by atoms with Crippen molar-refractivity contribution < 1.29 is 0 Å². The van der Waals surface area contributed by atoms with Gasteiger partial charge in [-0.25, -0.2) is 9.97 Å². The van der Waals surface area contributed by atoms with Crippen LogP contribution < -0.4 is 4.90 Å². The highest BCUT2D eigenvalue weighted by Crippen LogP contribution is 2.38. The molecule has 0 saturated heterocycles. The highest BCUT2D eigenvalue weighted by molar-refractivity contribution is 9.10. The van der Waals surface area contributed by atoms with E-state index in [1.807, 2.05) is 24.3 Å². The molecule has 0 fully saturated rings. The Morgan fingerprint density at radius 2 is 1.88 bits per heavy atom. The molecule has 0 atom stereocenters. The Labute approximate surface area is 159 Å². The summed E-state index contributed by atoms with van der Waals surface area (Å²) in [7, 11) is 0. The third kappa shape index (κ3) is 2.56. The van der Waals surface area contributed by atoms with Gasteiger partial charge in [0.2, 0.25) is 0 Å². The van der Waals surface area contributed by atoms with Gasteiger partial charge in [0.25, 0.3) is 0 Å². The number of hydrogen-bond donors (Lipinski definition) is 0. The van der Waals surface area contributed by atoms with Gasteiger partial charge in [0.05, 0.1) is 5.52 Å². The summed E-state index contributed by atoms with van der Waals surface area (Å²) in [6, 6.07) is 18.6. The number of fused-ring (bicyclic) bond motifs is 2. The Morgan fingerprint density at radius 3 is 2.77 bits per heavy atom. The molecule has 4 nitrogen and oxygen atoms in total. The number of nitrogens with zero attached hydrogens (tertiary/aromatic N) is 4. The van der Waals surface area contributed by atoms with E-state index in [0.29, 0.717) is 5.82 Å². The molecule has 5 rings (SSSR count). The minimum absolute atomic E-state index is 0.697. The van der Waals surface area contributed by atoms with E-state index < -0.39 is 0 Å². The van der Waals surface area contributed by atoms with Crippen molar-refractivity contribution in [3.05, 3.63) is 77.0 Å². The molecule has 0 spiro atoms. The number of benzene rings is 2. The van der Waals surface area contributed by atoms with E-state index in [-0.39, 0.29) is 0 Å². The van der Waals surface area contributed by atoms with Crippen molar-refractivity contribution in [3.63, 3.8) is 0 Å². The molecule has 2 aromatic carbocycles. The molecule has 0 aliphatic carbocycles. The molecule has 126 valence electrons. The van der Waals surface area contributed by atoms with Crippen molar-refractivity contribution in [3.8, 4) is 11.4 Å². The van der Waals surface area contributed by atoms with Gasteiger partial charge in [0, 0.05) is 40.0 Å². The van der Waals surface area contributed by atoms with Gasteiger partial charge >= 0.3 is 0 Å². The zero-order valence-corrected chi connectivity index (χ0v) is 15.5. The average molecular weight is 403 g/mol. The fourth-order valence-corrected chi connectivity index (χ4v) is 3.82. The van der Waals surface area contributed by atoms with E-state index >= 15 is 0 Å². The summed E-state index contributed by atoms with van der Waals surface area (Å²) in [4.78, 5) is 16.2. The molecule has 3 heterocycles. The summed E-state index contributed by atoms with van der Waals surface area (Å²) in [5, 5.41) is 1.05. The summed E-state index contributed by atoms with van der Waals surface area (Å²) in [5.74, 6) is 1.65. The normalized spacial score (nSPS) is 13.2. The number of halogens is 1. The summed E-state index contributed by atoms with van der Waals surface area (Å²) >= 11 is 3.56. The maximum atomic E-state index is 4.94. The van der Waals surface area contributed by atoms with Gasteiger partial charge in [0.15, 0.2) is 5.82 Å². The lowest BCUT2D eigenvalue weighted by Gasteiger charge is -2.21. The van der Waals surface area contributed by atoms with E-state index in [9.17, 15) is 0 Å². The van der Waals surface area contributed by atoms with E-state index in [1.54, 1.807) is 12.4 Å². The maximum absolute atomic E-state index is 4.94. The fraction of sp³-hybridized carbons (Fsp3) is 0.0952. The monoisotopic (exact) mass is 402 g/mol. The lowest BCUT2D eigenvalue weighted by molar-refractivity contribution is 0.976. The van der Waals surface area contributed by atoms with E-state index in [0.717, 1.165) is 39.7 Å². The second-order valence-corrected chi connectivity index (χ2v) is 7.22. The zero-order chi connectivity index (χ0) is 17.5. The van der Waals surface area contributed by atoms with Crippen LogP contribution in [0.25, 0.3) is 22.3 Å². The Morgan fingerprint density at radius 1 is 0.962 bits per heavy atom. The van der Waals surface area contributed by atoms with Gasteiger partial charge in [-0.15, -0.1) is 0 Å². The van der Waals surface area contributed by atoms with Crippen LogP contribution in [0.5, 0.6) is 0 Å². The Kier molecular flexibility index (Phi) is 3.68. The van der Waals surface area contributed by atoms with Gasteiger partial charge in [-0.05, 0) is 48.4 Å². The first-order chi connectivity index (χ1) is 12.8. The van der Waals surface area contributed by atoms with E-state index in [2.05, 4.69) is 56.1 Å². The molecular formula is C21H15BrN4. The van der Waals surface area contributed by atoms with Gasteiger partial charge in [0.1, 0.15) is 5.82 Å². The van der Waals surface area contributed by atoms with Crippen LogP contribution >= 0.6 is 15.9 Å². The molecule has 0 saturated carbocycles. The van der Waals surface area contributed by atoms with Crippen LogP contribution in [0.4, 0.5) is 11.5 Å². The molecule has 0 amide bonds. The molecule has 1 aliphatic rings. The third-order valence-electron chi connectivity index (χ3n) is 4.70. The van der Waals surface area contributed by atoms with Crippen LogP contribution in [0.3, 0.4) is 0 Å². The van der Waals surface area contributed by atoms with Crippen LogP contribution in [0.1, 0.15) is 5.56 Å². The van der Waals surface area contributed by atoms with Crippen molar-refractivity contribution in [1.29, 1.82) is 0 Å². The van der Waals surface area contributed by atoms with Gasteiger partial charge < -0.3 is 4.90 Å². The Bertz CT molecular complexity index is 1110. The fourth-order valence-electron chi connectivity index (χ4n) is 3.47. The van der Waals surface area contributed by atoms with Crippen molar-refractivity contribution >= 4 is 38.3 Å². The number of anilines is 2. The molecule has 0 radical (unpaired) electrons. The highest BCUT2D eigenvalue weighted by atomic mass is 79.9. The standard InChI is InChI=1S/C21H15BrN4/c22-16-7-8-17-18(12-16)24-20(15-5-3-10-23-13-15)25-21(17)26-11-9-14-4-1-2-6-19(14)26/h1-8,10,12-13H,9,11H2. The minimum atomic E-state index is 0.697. The van der Waals surface area contributed by atoms with Crippen LogP contribution in [0.2, 0.25) is 0 Å². The molecule has 0 N–H and O–H groups in total. The lowest BCUT2D eigenvalue weighted by atomic mass is 10.1. The number of pyridine rings is 1. The second-order valence-electron chi connectivity index (χ2n) is 6.30. The number of aromatic nitrogens is 3. The topological polar surface area (TPSA) is 41.9 Å². The second kappa shape index (κ2) is 6.18. The SMILES string of the molecule is Brc1ccc2c(N3CCc4ccccc43)nc(-c3cccnc3)nc2c1. The average Bonchev–Trinajstić information content (AvgIpc) is 3.11. The summed E-state index contributed by atoms with van der Waals surface area (Å²) in [6.07, 6.45) is 4.60. The van der Waals surface area contributed by atoms with Crippen LogP contribution in [0, 0.1) is 0 Å². The van der Waals surface area contributed by atoms with Crippen molar-refractivity contribution in [2.24, 2.45) is 0 Å². The molecule has 4 aromatic rings. The van der Waals surface area contributed by atoms with Crippen molar-refractivity contribution in [2.75, 3.05) is 11.4 Å². The minimum Gasteiger partial charge on any atom is -0.325 e. The van der Waals surface area contributed by atoms with Crippen LogP contribution in [0.15, 0.2) is 71.5 Å². The van der Waals surface area contributed by atoms with E-state index in [4.69, 9.17) is 9.97 Å². The van der Waals surface area contributed by atoms with Crippen LogP contribution in [-0.2, 0) is 6.42 Å². The molecule has 5 heteroatoms. The van der Waals surface area contributed by atoms with Crippen molar-refractivity contribution in [1.82, 2.24) is 15.0 Å². The van der Waals surface area contributed by atoms with E-state index in [1.165, 1.54) is 11.3 Å². The summed E-state index contributed by atoms with van der Waals surface area (Å²) in [5.41, 5.74) is 4.43. The number of hydrogen-bond acceptors (Lipinski definition) is 4. The Balaban J connectivity index is 1.76. The molecule has 0 unspecified atom stereocenters. The molecule has 0 bridgehead atoms. The molecule has 1 aliphatic heterocycles. The number of para-hydroxylation sites is 1. The molecular weight excluding hydrogens is 388 g/mol. The quantitative estimate of drug-likeness (QED) is 0.464. The summed E-state index contributed by atoms with van der Waals surface area (Å²) in [6.45, 7) is 0.925. The first kappa shape index (κ1) is 15.5. The molecule has 26 heavy (non-hydrogen) atoms. The predicted octanol–water partition coefficient (Wildman–Crippen LogP) is 5.15. The first-order valence-electron chi connectivity index (χ1n) is 8.53. The smallest absolute Gasteiger partial charge is 0.163 e. The Hall–Kier alpha value is -2.79. The molecule has 2 aromatic heterocycles. The lowest BCUT2D eigenvalue weighted by Crippen LogP contribution is -2.16. The predicted molar refractivity (Wildman–Crippen MR) is 108 cm³/mol. The first-order valence-corrected chi connectivity index (χ1v) is 9.32. The maximum Gasteiger partial charge on any atom is 0.163 e. The summed E-state index contributed by atoms with van der Waals surface area (Å²) < 4.78 is 1.01. The van der Waals surface area contributed by atoms with Gasteiger partial charge in [-0.2, -0.15) is 0 Å². The zero-order valence-electron chi connectivity index (χ0n) is 13.9. The van der Waals surface area contributed by atoms with Crippen LogP contribution in [-0.4, -0.2) is 21.5 Å².